The predicted octanol–water partition coefficient (Wildman–Crippen LogP) is 3.54. The van der Waals surface area contributed by atoms with Crippen molar-refractivity contribution in [1.82, 2.24) is 0 Å². The average molecular weight is 307 g/mol. The van der Waals surface area contributed by atoms with Crippen LogP contribution in [0.2, 0.25) is 0 Å². The van der Waals surface area contributed by atoms with E-state index in [1.54, 1.807) is 0 Å². The first kappa shape index (κ1) is 14.3. The van der Waals surface area contributed by atoms with Crippen molar-refractivity contribution in [2.24, 2.45) is 0 Å². The number of benzene rings is 2. The van der Waals surface area contributed by atoms with Crippen molar-refractivity contribution in [3.05, 3.63) is 65.7 Å². The summed E-state index contributed by atoms with van der Waals surface area (Å²) in [6.45, 7) is 3.35. The van der Waals surface area contributed by atoms with E-state index in [4.69, 9.17) is 4.74 Å². The number of para-hydroxylation sites is 1. The lowest BCUT2D eigenvalue weighted by Crippen LogP contribution is -2.60. The molecule has 0 aromatic heterocycles. The molecule has 1 saturated heterocycles. The van der Waals surface area contributed by atoms with Gasteiger partial charge >= 0.3 is 5.97 Å². The molecule has 1 fully saturated rings. The first-order chi connectivity index (χ1) is 11.2. The number of fused-ring (bicyclic) bond motifs is 2. The summed E-state index contributed by atoms with van der Waals surface area (Å²) in [5.74, 6) is 0.0833. The summed E-state index contributed by atoms with van der Waals surface area (Å²) in [7, 11) is 0. The number of piperidine rings is 1. The maximum atomic E-state index is 11.9. The average Bonchev–Trinajstić information content (AvgIpc) is 2.55. The molecule has 118 valence electrons. The molecule has 2 bridgehead atoms. The topological polar surface area (TPSA) is 29.5 Å². The highest BCUT2D eigenvalue weighted by molar-refractivity contribution is 5.68. The number of hydrogen-bond acceptors (Lipinski definition) is 3. The molecule has 0 unspecified atom stereocenters. The third-order valence-electron chi connectivity index (χ3n) is 5.13. The Morgan fingerprint density at radius 3 is 2.70 bits per heavy atom. The first-order valence-corrected chi connectivity index (χ1v) is 8.25. The smallest absolute Gasteiger partial charge is 0.303 e. The zero-order chi connectivity index (χ0) is 15.9. The van der Waals surface area contributed by atoms with Gasteiger partial charge in [0.1, 0.15) is 5.60 Å². The zero-order valence-corrected chi connectivity index (χ0v) is 13.4. The number of carbonyl (C=O) groups is 1. The van der Waals surface area contributed by atoms with Gasteiger partial charge < -0.3 is 9.64 Å². The third-order valence-corrected chi connectivity index (χ3v) is 5.13. The molecule has 0 amide bonds. The van der Waals surface area contributed by atoms with E-state index >= 15 is 0 Å². The Bertz CT molecular complexity index is 727. The summed E-state index contributed by atoms with van der Waals surface area (Å²) in [5, 5.41) is 0. The van der Waals surface area contributed by atoms with Crippen molar-refractivity contribution in [1.29, 1.82) is 0 Å². The van der Waals surface area contributed by atoms with Gasteiger partial charge in [-0.3, -0.25) is 4.79 Å². The Hall–Kier alpha value is -2.29. The molecule has 3 heterocycles. The van der Waals surface area contributed by atoms with Gasteiger partial charge in [0, 0.05) is 31.5 Å². The van der Waals surface area contributed by atoms with Crippen LogP contribution in [-0.2, 0) is 16.0 Å². The molecule has 3 nitrogen and oxygen atoms in total. The van der Waals surface area contributed by atoms with Crippen LogP contribution in [0.5, 0.6) is 0 Å². The Labute approximate surface area is 136 Å². The molecule has 0 spiro atoms. The van der Waals surface area contributed by atoms with Crippen LogP contribution >= 0.6 is 0 Å². The summed E-state index contributed by atoms with van der Waals surface area (Å²) >= 11 is 0. The molecule has 0 saturated carbocycles. The summed E-state index contributed by atoms with van der Waals surface area (Å²) < 4.78 is 5.99. The van der Waals surface area contributed by atoms with Crippen LogP contribution in [0.15, 0.2) is 54.6 Å². The lowest BCUT2D eigenvalue weighted by molar-refractivity contribution is -0.160. The highest BCUT2D eigenvalue weighted by atomic mass is 16.6. The van der Waals surface area contributed by atoms with Crippen molar-refractivity contribution < 1.29 is 9.53 Å². The van der Waals surface area contributed by atoms with E-state index in [1.165, 1.54) is 23.7 Å². The Kier molecular flexibility index (Phi) is 3.37. The van der Waals surface area contributed by atoms with Crippen LogP contribution < -0.4 is 4.90 Å². The highest BCUT2D eigenvalue weighted by Gasteiger charge is 2.51. The molecule has 2 aromatic carbocycles. The molecule has 3 aliphatic heterocycles. The van der Waals surface area contributed by atoms with Crippen LogP contribution in [0, 0.1) is 0 Å². The van der Waals surface area contributed by atoms with Crippen LogP contribution in [0.1, 0.15) is 30.4 Å². The van der Waals surface area contributed by atoms with Gasteiger partial charge in [0.15, 0.2) is 0 Å². The van der Waals surface area contributed by atoms with Crippen LogP contribution in [0.3, 0.4) is 0 Å². The predicted molar refractivity (Wildman–Crippen MR) is 90.7 cm³/mol. The van der Waals surface area contributed by atoms with Gasteiger partial charge in [0.2, 0.25) is 0 Å². The molecule has 3 heteroatoms. The van der Waals surface area contributed by atoms with Gasteiger partial charge in [-0.1, -0.05) is 48.5 Å². The second kappa shape index (κ2) is 5.41. The van der Waals surface area contributed by atoms with Crippen molar-refractivity contribution in [2.45, 2.75) is 31.3 Å². The molecule has 5 rings (SSSR count). The standard InChI is InChI=1S/C20H21NO2/c1-15(22)23-20(13-16-7-3-2-4-8-16)14-21-12-11-18(20)17-9-5-6-10-19(17)21/h2-10,18H,11-14H2,1H3/t18-,20+/m1/s1. The number of anilines is 1. The molecule has 0 N–H and O–H groups in total. The van der Waals surface area contributed by atoms with Gasteiger partial charge in [-0.05, 0) is 23.6 Å². The minimum atomic E-state index is -0.459. The van der Waals surface area contributed by atoms with Crippen LogP contribution in [0.25, 0.3) is 0 Å². The van der Waals surface area contributed by atoms with Crippen molar-refractivity contribution >= 4 is 11.7 Å². The van der Waals surface area contributed by atoms with Gasteiger partial charge in [-0.15, -0.1) is 0 Å². The Balaban J connectivity index is 1.77. The molecule has 3 aliphatic rings. The summed E-state index contributed by atoms with van der Waals surface area (Å²) in [6, 6.07) is 18.9. The molecule has 23 heavy (non-hydrogen) atoms. The maximum Gasteiger partial charge on any atom is 0.303 e. The zero-order valence-electron chi connectivity index (χ0n) is 13.4. The molecule has 0 radical (unpaired) electrons. The highest BCUT2D eigenvalue weighted by Crippen LogP contribution is 2.50. The fourth-order valence-electron chi connectivity index (χ4n) is 4.32. The third kappa shape index (κ3) is 2.40. The molecule has 2 aromatic rings. The SMILES string of the molecule is CC(=O)O[C@@]1(Cc2ccccc2)CN2CC[C@@H]1c1ccccc12. The fraction of sp³-hybridized carbons (Fsp3) is 0.350. The van der Waals surface area contributed by atoms with E-state index in [1.807, 2.05) is 18.2 Å². The van der Waals surface area contributed by atoms with Gasteiger partial charge in [-0.2, -0.15) is 0 Å². The molecular formula is C20H21NO2. The summed E-state index contributed by atoms with van der Waals surface area (Å²) in [4.78, 5) is 14.2. The fourth-order valence-corrected chi connectivity index (χ4v) is 4.32. The summed E-state index contributed by atoms with van der Waals surface area (Å²) in [6.07, 6.45) is 1.81. The number of esters is 1. The molecule has 2 atom stereocenters. The number of nitrogens with zero attached hydrogens (tertiary/aromatic N) is 1. The number of carbonyl (C=O) groups excluding carboxylic acids is 1. The normalized spacial score (nSPS) is 25.1. The van der Waals surface area contributed by atoms with E-state index in [-0.39, 0.29) is 11.9 Å². The first-order valence-electron chi connectivity index (χ1n) is 8.25. The van der Waals surface area contributed by atoms with Crippen LogP contribution in [0.4, 0.5) is 5.69 Å². The Morgan fingerprint density at radius 1 is 1.17 bits per heavy atom. The van der Waals surface area contributed by atoms with E-state index in [0.29, 0.717) is 0 Å². The van der Waals surface area contributed by atoms with Crippen molar-refractivity contribution in [3.63, 3.8) is 0 Å². The van der Waals surface area contributed by atoms with Gasteiger partial charge in [0.05, 0.1) is 6.54 Å². The largest absolute Gasteiger partial charge is 0.456 e. The van der Waals surface area contributed by atoms with Gasteiger partial charge in [0.25, 0.3) is 0 Å². The van der Waals surface area contributed by atoms with E-state index in [9.17, 15) is 4.79 Å². The van der Waals surface area contributed by atoms with Crippen molar-refractivity contribution in [3.8, 4) is 0 Å². The number of rotatable bonds is 3. The van der Waals surface area contributed by atoms with Gasteiger partial charge in [-0.25, -0.2) is 0 Å². The minimum absolute atomic E-state index is 0.188. The molecule has 0 aliphatic carbocycles. The van der Waals surface area contributed by atoms with E-state index < -0.39 is 5.60 Å². The number of hydrogen-bond donors (Lipinski definition) is 0. The summed E-state index contributed by atoms with van der Waals surface area (Å²) in [5.41, 5.74) is 3.39. The van der Waals surface area contributed by atoms with Crippen LogP contribution in [-0.4, -0.2) is 24.7 Å². The number of ether oxygens (including phenoxy) is 1. The Morgan fingerprint density at radius 2 is 1.91 bits per heavy atom. The maximum absolute atomic E-state index is 11.9. The minimum Gasteiger partial charge on any atom is -0.456 e. The molecular weight excluding hydrogens is 286 g/mol. The van der Waals surface area contributed by atoms with E-state index in [2.05, 4.69) is 41.3 Å². The second-order valence-corrected chi connectivity index (χ2v) is 6.64. The van der Waals surface area contributed by atoms with Crippen molar-refractivity contribution in [2.75, 3.05) is 18.0 Å². The second-order valence-electron chi connectivity index (χ2n) is 6.64. The van der Waals surface area contributed by atoms with E-state index in [0.717, 1.165) is 25.9 Å². The monoisotopic (exact) mass is 307 g/mol. The lowest BCUT2D eigenvalue weighted by atomic mass is 9.69. The quantitative estimate of drug-likeness (QED) is 0.812. The lowest BCUT2D eigenvalue weighted by Gasteiger charge is -2.53.